The van der Waals surface area contributed by atoms with Crippen LogP contribution in [0, 0.1) is 38.0 Å². The van der Waals surface area contributed by atoms with E-state index in [4.69, 9.17) is 4.74 Å². The fourth-order valence-electron chi connectivity index (χ4n) is 3.02. The molecule has 0 saturated heterocycles. The summed E-state index contributed by atoms with van der Waals surface area (Å²) < 4.78 is 7.19. The molecular formula is C23H27N3O3. The monoisotopic (exact) mass is 393 g/mol. The van der Waals surface area contributed by atoms with Gasteiger partial charge in [-0.05, 0) is 56.0 Å². The van der Waals surface area contributed by atoms with E-state index < -0.39 is 18.5 Å². The highest BCUT2D eigenvalue weighted by Gasteiger charge is 2.16. The van der Waals surface area contributed by atoms with Gasteiger partial charge >= 0.3 is 5.97 Å². The number of nitrogens with zero attached hydrogens (tertiary/aromatic N) is 2. The number of amides is 1. The minimum absolute atomic E-state index is 0.140. The lowest BCUT2D eigenvalue weighted by atomic mass is 10.1. The number of para-hydroxylation sites is 1. The molecule has 0 atom stereocenters. The Hall–Kier alpha value is -3.33. The largest absolute Gasteiger partial charge is 0.451 e. The molecule has 0 saturated carbocycles. The van der Waals surface area contributed by atoms with Crippen molar-refractivity contribution < 1.29 is 14.3 Å². The summed E-state index contributed by atoms with van der Waals surface area (Å²) in [5.74, 6) is -0.801. The Kier molecular flexibility index (Phi) is 7.38. The third-order valence-corrected chi connectivity index (χ3v) is 4.55. The van der Waals surface area contributed by atoms with Crippen LogP contribution in [0.2, 0.25) is 0 Å². The maximum absolute atomic E-state index is 12.3. The zero-order valence-corrected chi connectivity index (χ0v) is 17.6. The Morgan fingerprint density at radius 1 is 1.24 bits per heavy atom. The fraction of sp³-hybridized carbons (Fsp3) is 0.348. The molecule has 0 radical (unpaired) electrons. The molecule has 1 aromatic carbocycles. The average molecular weight is 393 g/mol. The van der Waals surface area contributed by atoms with Gasteiger partial charge in [0.15, 0.2) is 6.61 Å². The van der Waals surface area contributed by atoms with Gasteiger partial charge in [-0.3, -0.25) is 4.79 Å². The molecule has 2 rings (SSSR count). The summed E-state index contributed by atoms with van der Waals surface area (Å²) in [7, 11) is 0. The molecule has 0 bridgehead atoms. The zero-order chi connectivity index (χ0) is 21.6. The highest BCUT2D eigenvalue weighted by Crippen LogP contribution is 2.20. The van der Waals surface area contributed by atoms with Crippen molar-refractivity contribution in [3.63, 3.8) is 0 Å². The highest BCUT2D eigenvalue weighted by atomic mass is 16.5. The molecule has 0 aliphatic heterocycles. The smallest absolute Gasteiger partial charge is 0.349 e. The number of nitrogens with one attached hydrogen (secondary N) is 1. The topological polar surface area (TPSA) is 84.1 Å². The van der Waals surface area contributed by atoms with E-state index in [0.29, 0.717) is 11.6 Å². The SMILES string of the molecule is Cc1ccccc1NC(=O)COC(=O)/C(C#N)=C/c1cc(C)n(CC(C)C)c1C. The molecule has 1 amide bonds. The van der Waals surface area contributed by atoms with Crippen LogP contribution in [0.1, 0.15) is 36.4 Å². The molecule has 0 aliphatic carbocycles. The second-order valence-corrected chi connectivity index (χ2v) is 7.44. The zero-order valence-electron chi connectivity index (χ0n) is 17.6. The first kappa shape index (κ1) is 22.0. The first-order valence-electron chi connectivity index (χ1n) is 9.54. The normalized spacial score (nSPS) is 11.3. The van der Waals surface area contributed by atoms with E-state index in [0.717, 1.165) is 29.1 Å². The predicted octanol–water partition coefficient (Wildman–Crippen LogP) is 4.16. The van der Waals surface area contributed by atoms with Crippen LogP contribution in [0.15, 0.2) is 35.9 Å². The van der Waals surface area contributed by atoms with Gasteiger partial charge in [0, 0.05) is 23.6 Å². The Labute approximate surface area is 171 Å². The molecule has 29 heavy (non-hydrogen) atoms. The Bertz CT molecular complexity index is 978. The van der Waals surface area contributed by atoms with Crippen molar-refractivity contribution in [2.24, 2.45) is 5.92 Å². The number of benzene rings is 1. The number of aryl methyl sites for hydroxylation is 2. The quantitative estimate of drug-likeness (QED) is 0.435. The van der Waals surface area contributed by atoms with Gasteiger partial charge in [-0.2, -0.15) is 5.26 Å². The van der Waals surface area contributed by atoms with E-state index >= 15 is 0 Å². The minimum atomic E-state index is -0.818. The van der Waals surface area contributed by atoms with Crippen molar-refractivity contribution >= 4 is 23.6 Å². The molecule has 152 valence electrons. The standard InChI is InChI=1S/C23H27N3O3/c1-15(2)13-26-17(4)10-19(18(26)5)11-20(12-24)23(28)29-14-22(27)25-21-9-7-6-8-16(21)3/h6-11,15H,13-14H2,1-5H3,(H,25,27)/b20-11+. The van der Waals surface area contributed by atoms with E-state index in [2.05, 4.69) is 23.7 Å². The van der Waals surface area contributed by atoms with Gasteiger partial charge in [0.1, 0.15) is 11.6 Å². The maximum atomic E-state index is 12.3. The number of ether oxygens (including phenoxy) is 1. The number of hydrogen-bond donors (Lipinski definition) is 1. The lowest BCUT2D eigenvalue weighted by Crippen LogP contribution is -2.21. The Morgan fingerprint density at radius 2 is 1.93 bits per heavy atom. The first-order chi connectivity index (χ1) is 13.7. The van der Waals surface area contributed by atoms with Crippen molar-refractivity contribution in [3.8, 4) is 6.07 Å². The highest BCUT2D eigenvalue weighted by molar-refractivity contribution is 6.00. The molecule has 1 aromatic heterocycles. The lowest BCUT2D eigenvalue weighted by molar-refractivity contribution is -0.142. The van der Waals surface area contributed by atoms with Crippen LogP contribution in [-0.2, 0) is 20.9 Å². The summed E-state index contributed by atoms with van der Waals surface area (Å²) in [6, 6.07) is 11.1. The van der Waals surface area contributed by atoms with E-state index in [1.807, 2.05) is 45.0 Å². The van der Waals surface area contributed by atoms with E-state index in [-0.39, 0.29) is 5.57 Å². The Morgan fingerprint density at radius 3 is 2.55 bits per heavy atom. The summed E-state index contributed by atoms with van der Waals surface area (Å²) >= 11 is 0. The van der Waals surface area contributed by atoms with Crippen molar-refractivity contribution in [3.05, 3.63) is 58.4 Å². The van der Waals surface area contributed by atoms with Crippen LogP contribution in [0.25, 0.3) is 6.08 Å². The number of rotatable bonds is 7. The van der Waals surface area contributed by atoms with Gasteiger partial charge in [0.25, 0.3) is 5.91 Å². The lowest BCUT2D eigenvalue weighted by Gasteiger charge is -2.12. The average Bonchev–Trinajstić information content (AvgIpc) is 2.93. The van der Waals surface area contributed by atoms with Gasteiger partial charge in [-0.25, -0.2) is 4.79 Å². The first-order valence-corrected chi connectivity index (χ1v) is 9.54. The number of aromatic nitrogens is 1. The maximum Gasteiger partial charge on any atom is 0.349 e. The second-order valence-electron chi connectivity index (χ2n) is 7.44. The molecule has 0 aliphatic rings. The van der Waals surface area contributed by atoms with Crippen molar-refractivity contribution in [1.82, 2.24) is 4.57 Å². The molecule has 0 unspecified atom stereocenters. The van der Waals surface area contributed by atoms with Crippen LogP contribution in [0.3, 0.4) is 0 Å². The number of carbonyl (C=O) groups is 2. The number of anilines is 1. The summed E-state index contributed by atoms with van der Waals surface area (Å²) in [6.45, 7) is 10.5. The molecule has 0 spiro atoms. The summed E-state index contributed by atoms with van der Waals surface area (Å²) in [5, 5.41) is 12.1. The third-order valence-electron chi connectivity index (χ3n) is 4.55. The van der Waals surface area contributed by atoms with E-state index in [1.54, 1.807) is 12.1 Å². The van der Waals surface area contributed by atoms with Crippen LogP contribution in [-0.4, -0.2) is 23.1 Å². The molecule has 1 heterocycles. The Balaban J connectivity index is 2.06. The number of carbonyl (C=O) groups excluding carboxylic acids is 2. The van der Waals surface area contributed by atoms with Crippen LogP contribution < -0.4 is 5.32 Å². The van der Waals surface area contributed by atoms with Gasteiger partial charge < -0.3 is 14.6 Å². The molecular weight excluding hydrogens is 366 g/mol. The van der Waals surface area contributed by atoms with Crippen molar-refractivity contribution in [1.29, 1.82) is 5.26 Å². The fourth-order valence-corrected chi connectivity index (χ4v) is 3.02. The van der Waals surface area contributed by atoms with Gasteiger partial charge in [0.2, 0.25) is 0 Å². The summed E-state index contributed by atoms with van der Waals surface area (Å²) in [4.78, 5) is 24.3. The van der Waals surface area contributed by atoms with Gasteiger partial charge in [-0.15, -0.1) is 0 Å². The number of nitriles is 1. The van der Waals surface area contributed by atoms with Gasteiger partial charge in [-0.1, -0.05) is 32.0 Å². The minimum Gasteiger partial charge on any atom is -0.451 e. The van der Waals surface area contributed by atoms with Gasteiger partial charge in [0.05, 0.1) is 0 Å². The molecule has 0 fully saturated rings. The number of esters is 1. The molecule has 2 aromatic rings. The van der Waals surface area contributed by atoms with Crippen LogP contribution in [0.4, 0.5) is 5.69 Å². The molecule has 1 N–H and O–H groups in total. The van der Waals surface area contributed by atoms with Crippen LogP contribution in [0.5, 0.6) is 0 Å². The van der Waals surface area contributed by atoms with Crippen molar-refractivity contribution in [2.75, 3.05) is 11.9 Å². The predicted molar refractivity (Wildman–Crippen MR) is 113 cm³/mol. The third kappa shape index (κ3) is 5.82. The molecule has 6 nitrogen and oxygen atoms in total. The second kappa shape index (κ2) is 9.74. The van der Waals surface area contributed by atoms with Crippen LogP contribution >= 0.6 is 0 Å². The van der Waals surface area contributed by atoms with E-state index in [9.17, 15) is 14.9 Å². The molecule has 6 heteroatoms. The van der Waals surface area contributed by atoms with E-state index in [1.165, 1.54) is 6.08 Å². The number of hydrogen-bond acceptors (Lipinski definition) is 4. The summed E-state index contributed by atoms with van der Waals surface area (Å²) in [6.07, 6.45) is 1.51. The van der Waals surface area contributed by atoms with Crippen molar-refractivity contribution in [2.45, 2.75) is 41.2 Å². The summed E-state index contributed by atoms with van der Waals surface area (Å²) in [5.41, 5.74) is 4.25.